The van der Waals surface area contributed by atoms with Crippen LogP contribution in [0, 0.1) is 0 Å². The summed E-state index contributed by atoms with van der Waals surface area (Å²) >= 11 is 0. The minimum absolute atomic E-state index is 0.263. The Morgan fingerprint density at radius 1 is 1.12 bits per heavy atom. The molecule has 0 spiro atoms. The van der Waals surface area contributed by atoms with Crippen molar-refractivity contribution >= 4 is 0 Å². The molecule has 5 nitrogen and oxygen atoms in total. The molecule has 2 aliphatic heterocycles. The van der Waals surface area contributed by atoms with Crippen molar-refractivity contribution in [3.8, 4) is 11.3 Å². The number of rotatable bonds is 4. The van der Waals surface area contributed by atoms with Crippen LogP contribution in [0.3, 0.4) is 0 Å². The van der Waals surface area contributed by atoms with Crippen molar-refractivity contribution in [2.45, 2.75) is 25.4 Å². The fraction of sp³-hybridized carbons (Fsp3) is 0.550. The first-order chi connectivity index (χ1) is 12.3. The van der Waals surface area contributed by atoms with Crippen molar-refractivity contribution < 1.29 is 9.47 Å². The van der Waals surface area contributed by atoms with Gasteiger partial charge >= 0.3 is 0 Å². The van der Waals surface area contributed by atoms with Crippen LogP contribution >= 0.6 is 0 Å². The molecule has 0 N–H and O–H groups in total. The number of benzene rings is 1. The molecule has 0 saturated carbocycles. The second-order valence-corrected chi connectivity index (χ2v) is 6.96. The normalized spacial score (nSPS) is 21.7. The van der Waals surface area contributed by atoms with Crippen molar-refractivity contribution in [3.63, 3.8) is 0 Å². The predicted molar refractivity (Wildman–Crippen MR) is 97.7 cm³/mol. The highest BCUT2D eigenvalue weighted by Gasteiger charge is 2.23. The fourth-order valence-electron chi connectivity index (χ4n) is 3.94. The first kappa shape index (κ1) is 16.8. The molecule has 5 heteroatoms. The average molecular weight is 341 g/mol. The summed E-state index contributed by atoms with van der Waals surface area (Å²) < 4.78 is 13.3. The third kappa shape index (κ3) is 3.78. The number of ether oxygens (including phenoxy) is 2. The molecule has 0 bridgehead atoms. The number of aryl methyl sites for hydroxylation is 1. The Kier molecular flexibility index (Phi) is 5.15. The predicted octanol–water partition coefficient (Wildman–Crippen LogP) is 2.29. The maximum absolute atomic E-state index is 5.77. The zero-order valence-electron chi connectivity index (χ0n) is 15.0. The van der Waals surface area contributed by atoms with Gasteiger partial charge in [-0.15, -0.1) is 0 Å². The Hall–Kier alpha value is -1.69. The molecule has 2 aromatic rings. The first-order valence-corrected chi connectivity index (χ1v) is 9.33. The van der Waals surface area contributed by atoms with E-state index in [1.807, 2.05) is 0 Å². The summed E-state index contributed by atoms with van der Waals surface area (Å²) in [4.78, 5) is 2.55. The molecule has 1 unspecified atom stereocenters. The molecule has 3 heterocycles. The van der Waals surface area contributed by atoms with E-state index < -0.39 is 0 Å². The van der Waals surface area contributed by atoms with Gasteiger partial charge in [-0.05, 0) is 12.8 Å². The lowest BCUT2D eigenvalue weighted by Gasteiger charge is -2.26. The SMILES string of the molecule is Cn1nc2c(c1-c1ccccc1)CCN(CCC1COCCO1)CC2. The van der Waals surface area contributed by atoms with Gasteiger partial charge in [-0.1, -0.05) is 30.3 Å². The van der Waals surface area contributed by atoms with E-state index in [-0.39, 0.29) is 6.10 Å². The first-order valence-electron chi connectivity index (χ1n) is 9.33. The number of fused-ring (bicyclic) bond motifs is 1. The smallest absolute Gasteiger partial charge is 0.0821 e. The summed E-state index contributed by atoms with van der Waals surface area (Å²) in [6.45, 7) is 5.46. The van der Waals surface area contributed by atoms with Gasteiger partial charge in [0.15, 0.2) is 0 Å². The largest absolute Gasteiger partial charge is 0.376 e. The van der Waals surface area contributed by atoms with Gasteiger partial charge < -0.3 is 14.4 Å². The van der Waals surface area contributed by atoms with Gasteiger partial charge in [0, 0.05) is 44.2 Å². The molecule has 1 fully saturated rings. The number of hydrogen-bond donors (Lipinski definition) is 0. The van der Waals surface area contributed by atoms with Gasteiger partial charge in [0.25, 0.3) is 0 Å². The van der Waals surface area contributed by atoms with E-state index in [1.165, 1.54) is 22.5 Å². The lowest BCUT2D eigenvalue weighted by atomic mass is 10.0. The van der Waals surface area contributed by atoms with Crippen molar-refractivity contribution in [1.82, 2.24) is 14.7 Å². The maximum Gasteiger partial charge on any atom is 0.0821 e. The second-order valence-electron chi connectivity index (χ2n) is 6.96. The van der Waals surface area contributed by atoms with Crippen molar-refractivity contribution in [3.05, 3.63) is 41.6 Å². The topological polar surface area (TPSA) is 39.5 Å². The van der Waals surface area contributed by atoms with Gasteiger partial charge in [0.1, 0.15) is 0 Å². The molecule has 0 aliphatic carbocycles. The fourth-order valence-corrected chi connectivity index (χ4v) is 3.94. The standard InChI is InChI=1S/C20H27N3O2/c1-22-20(16-5-3-2-4-6-16)18-8-11-23(12-9-19(18)21-22)10-7-17-15-24-13-14-25-17/h2-6,17H,7-15H2,1H3. The molecule has 4 rings (SSSR count). The summed E-state index contributed by atoms with van der Waals surface area (Å²) in [6, 6.07) is 10.6. The minimum atomic E-state index is 0.263. The molecule has 25 heavy (non-hydrogen) atoms. The Balaban J connectivity index is 1.43. The van der Waals surface area contributed by atoms with E-state index in [1.54, 1.807) is 0 Å². The van der Waals surface area contributed by atoms with E-state index in [9.17, 15) is 0 Å². The lowest BCUT2D eigenvalue weighted by molar-refractivity contribution is -0.0926. The van der Waals surface area contributed by atoms with Crippen LogP contribution < -0.4 is 0 Å². The van der Waals surface area contributed by atoms with E-state index >= 15 is 0 Å². The van der Waals surface area contributed by atoms with Gasteiger partial charge in [-0.25, -0.2) is 0 Å². The number of aromatic nitrogens is 2. The lowest BCUT2D eigenvalue weighted by Crippen LogP contribution is -2.34. The highest BCUT2D eigenvalue weighted by Crippen LogP contribution is 2.28. The van der Waals surface area contributed by atoms with Crippen LogP contribution in [0.25, 0.3) is 11.3 Å². The van der Waals surface area contributed by atoms with Gasteiger partial charge in [0.05, 0.1) is 37.3 Å². The summed E-state index contributed by atoms with van der Waals surface area (Å²) in [5.41, 5.74) is 5.23. The van der Waals surface area contributed by atoms with Crippen LogP contribution in [-0.4, -0.2) is 60.2 Å². The van der Waals surface area contributed by atoms with Crippen LogP contribution in [0.5, 0.6) is 0 Å². The average Bonchev–Trinajstić information content (AvgIpc) is 2.85. The molecule has 1 aromatic carbocycles. The third-order valence-corrected chi connectivity index (χ3v) is 5.27. The molecule has 2 aliphatic rings. The summed E-state index contributed by atoms with van der Waals surface area (Å²) in [7, 11) is 2.06. The van der Waals surface area contributed by atoms with Gasteiger partial charge in [0.2, 0.25) is 0 Å². The second kappa shape index (κ2) is 7.68. The highest BCUT2D eigenvalue weighted by atomic mass is 16.6. The Bertz CT molecular complexity index is 692. The van der Waals surface area contributed by atoms with Gasteiger partial charge in [-0.3, -0.25) is 4.68 Å². The summed E-state index contributed by atoms with van der Waals surface area (Å²) in [5.74, 6) is 0. The van der Waals surface area contributed by atoms with E-state index in [2.05, 4.69) is 47.0 Å². The monoisotopic (exact) mass is 341 g/mol. The van der Waals surface area contributed by atoms with E-state index in [0.29, 0.717) is 0 Å². The van der Waals surface area contributed by atoms with E-state index in [4.69, 9.17) is 14.6 Å². The Labute approximate surface area is 149 Å². The molecule has 1 aromatic heterocycles. The van der Waals surface area contributed by atoms with Crippen molar-refractivity contribution in [2.24, 2.45) is 7.05 Å². The van der Waals surface area contributed by atoms with Crippen LogP contribution in [0.15, 0.2) is 30.3 Å². The van der Waals surface area contributed by atoms with Crippen LogP contribution in [-0.2, 0) is 29.4 Å². The Morgan fingerprint density at radius 3 is 2.76 bits per heavy atom. The Morgan fingerprint density at radius 2 is 1.96 bits per heavy atom. The number of hydrogen-bond acceptors (Lipinski definition) is 4. The maximum atomic E-state index is 5.77. The molecule has 1 saturated heterocycles. The highest BCUT2D eigenvalue weighted by molar-refractivity contribution is 5.64. The van der Waals surface area contributed by atoms with Crippen LogP contribution in [0.4, 0.5) is 0 Å². The molecule has 1 atom stereocenters. The van der Waals surface area contributed by atoms with Crippen LogP contribution in [0.1, 0.15) is 17.7 Å². The van der Waals surface area contributed by atoms with Crippen LogP contribution in [0.2, 0.25) is 0 Å². The minimum Gasteiger partial charge on any atom is -0.376 e. The third-order valence-electron chi connectivity index (χ3n) is 5.27. The molecule has 0 radical (unpaired) electrons. The van der Waals surface area contributed by atoms with Gasteiger partial charge in [-0.2, -0.15) is 5.10 Å². The summed E-state index contributed by atoms with van der Waals surface area (Å²) in [6.07, 6.45) is 3.41. The molecular formula is C20H27N3O2. The summed E-state index contributed by atoms with van der Waals surface area (Å²) in [5, 5.41) is 4.82. The molecular weight excluding hydrogens is 314 g/mol. The molecule has 0 amide bonds. The van der Waals surface area contributed by atoms with Crippen molar-refractivity contribution in [1.29, 1.82) is 0 Å². The van der Waals surface area contributed by atoms with E-state index in [0.717, 1.165) is 58.7 Å². The number of nitrogens with zero attached hydrogens (tertiary/aromatic N) is 3. The quantitative estimate of drug-likeness (QED) is 0.855. The molecule has 134 valence electrons. The zero-order chi connectivity index (χ0) is 17.1. The van der Waals surface area contributed by atoms with Crippen molar-refractivity contribution in [2.75, 3.05) is 39.5 Å². The zero-order valence-corrected chi connectivity index (χ0v) is 15.0.